The number of para-hydroxylation sites is 1. The van der Waals surface area contributed by atoms with Crippen LogP contribution >= 0.6 is 11.6 Å². The molecule has 1 saturated heterocycles. The number of likely N-dealkylation sites (tertiary alicyclic amines) is 1. The highest BCUT2D eigenvalue weighted by Gasteiger charge is 2.15. The number of carbonyl (C=O) groups excluding carboxylic acids is 1. The number of halogens is 1. The maximum absolute atomic E-state index is 12.7. The molecule has 6 heteroatoms. The van der Waals surface area contributed by atoms with Gasteiger partial charge in [0.25, 0.3) is 0 Å². The van der Waals surface area contributed by atoms with Crippen LogP contribution in [0.3, 0.4) is 0 Å². The number of ether oxygens (including phenoxy) is 1. The first kappa shape index (κ1) is 19.7. The molecule has 1 fully saturated rings. The highest BCUT2D eigenvalue weighted by molar-refractivity contribution is 6.31. The van der Waals surface area contributed by atoms with Crippen molar-refractivity contribution in [3.63, 3.8) is 0 Å². The summed E-state index contributed by atoms with van der Waals surface area (Å²) in [6.07, 6.45) is 5.48. The fourth-order valence-corrected chi connectivity index (χ4v) is 3.84. The number of rotatable bonds is 6. The summed E-state index contributed by atoms with van der Waals surface area (Å²) in [5.74, 6) is -0.313. The highest BCUT2D eigenvalue weighted by atomic mass is 35.5. The first-order valence-electron chi connectivity index (χ1n) is 10.0. The van der Waals surface area contributed by atoms with Crippen molar-refractivity contribution in [3.05, 3.63) is 65.3 Å². The molecule has 0 saturated carbocycles. The number of aromatic nitrogens is 1. The Kier molecular flexibility index (Phi) is 6.27. The van der Waals surface area contributed by atoms with Crippen LogP contribution < -0.4 is 5.32 Å². The summed E-state index contributed by atoms with van der Waals surface area (Å²) in [6, 6.07) is 14.9. The molecular weight excluding hydrogens is 386 g/mol. The molecule has 150 valence electrons. The predicted molar refractivity (Wildman–Crippen MR) is 117 cm³/mol. The topological polar surface area (TPSA) is 54.5 Å². The van der Waals surface area contributed by atoms with E-state index in [2.05, 4.69) is 15.2 Å². The van der Waals surface area contributed by atoms with E-state index in [-0.39, 0.29) is 5.97 Å². The second-order valence-corrected chi connectivity index (χ2v) is 7.67. The molecule has 29 heavy (non-hydrogen) atoms. The number of anilines is 2. The van der Waals surface area contributed by atoms with Crippen molar-refractivity contribution in [1.82, 2.24) is 9.88 Å². The Morgan fingerprint density at radius 3 is 2.76 bits per heavy atom. The van der Waals surface area contributed by atoms with Crippen molar-refractivity contribution in [3.8, 4) is 0 Å². The third-order valence-electron chi connectivity index (χ3n) is 5.21. The molecule has 0 amide bonds. The molecule has 0 radical (unpaired) electrons. The molecule has 0 spiro atoms. The van der Waals surface area contributed by atoms with Gasteiger partial charge in [0, 0.05) is 28.8 Å². The fraction of sp³-hybridized carbons (Fsp3) is 0.304. The van der Waals surface area contributed by atoms with E-state index in [1.54, 1.807) is 12.3 Å². The standard InChI is InChI=1S/C23H24ClN3O2/c24-17-8-9-18-21(10-11-25-22(18)16-17)26-20-7-3-2-6-19(20)23(28)29-15-14-27-12-4-1-5-13-27/h2-3,6-11,16H,1,4-5,12-15H2,(H,25,26). The maximum Gasteiger partial charge on any atom is 0.340 e. The van der Waals surface area contributed by atoms with Gasteiger partial charge in [-0.3, -0.25) is 9.88 Å². The van der Waals surface area contributed by atoms with Gasteiger partial charge in [-0.25, -0.2) is 4.79 Å². The number of benzene rings is 2. The lowest BCUT2D eigenvalue weighted by Crippen LogP contribution is -2.33. The Morgan fingerprint density at radius 1 is 1.07 bits per heavy atom. The molecule has 2 heterocycles. The summed E-state index contributed by atoms with van der Waals surface area (Å²) >= 11 is 6.08. The van der Waals surface area contributed by atoms with Gasteiger partial charge >= 0.3 is 5.97 Å². The second kappa shape index (κ2) is 9.25. The Labute approximate surface area is 175 Å². The number of fused-ring (bicyclic) bond motifs is 1. The summed E-state index contributed by atoms with van der Waals surface area (Å²) in [5, 5.41) is 4.94. The molecule has 0 bridgehead atoms. The number of piperidine rings is 1. The maximum atomic E-state index is 12.7. The lowest BCUT2D eigenvalue weighted by molar-refractivity contribution is 0.0453. The van der Waals surface area contributed by atoms with Crippen molar-refractivity contribution in [2.24, 2.45) is 0 Å². The van der Waals surface area contributed by atoms with Crippen molar-refractivity contribution in [1.29, 1.82) is 0 Å². The largest absolute Gasteiger partial charge is 0.461 e. The Balaban J connectivity index is 1.47. The van der Waals surface area contributed by atoms with Gasteiger partial charge in [-0.15, -0.1) is 0 Å². The van der Waals surface area contributed by atoms with Gasteiger partial charge in [0.15, 0.2) is 0 Å². The van der Waals surface area contributed by atoms with E-state index in [0.717, 1.165) is 36.2 Å². The van der Waals surface area contributed by atoms with E-state index in [9.17, 15) is 4.79 Å². The minimum absolute atomic E-state index is 0.313. The molecule has 5 nitrogen and oxygen atoms in total. The Bertz CT molecular complexity index is 1000. The molecule has 1 aromatic heterocycles. The molecule has 2 aromatic carbocycles. The number of hydrogen-bond donors (Lipinski definition) is 1. The van der Waals surface area contributed by atoms with Gasteiger partial charge in [0.05, 0.1) is 16.8 Å². The molecule has 4 rings (SSSR count). The molecule has 0 unspecified atom stereocenters. The summed E-state index contributed by atoms with van der Waals surface area (Å²) in [4.78, 5) is 19.4. The van der Waals surface area contributed by atoms with Gasteiger partial charge in [-0.1, -0.05) is 30.2 Å². The van der Waals surface area contributed by atoms with E-state index >= 15 is 0 Å². The first-order valence-corrected chi connectivity index (χ1v) is 10.4. The van der Waals surface area contributed by atoms with E-state index in [0.29, 0.717) is 22.9 Å². The van der Waals surface area contributed by atoms with Crippen molar-refractivity contribution in [2.75, 3.05) is 31.6 Å². The number of carbonyl (C=O) groups is 1. The van der Waals surface area contributed by atoms with Crippen LogP contribution in [0.4, 0.5) is 11.4 Å². The third kappa shape index (κ3) is 4.86. The van der Waals surface area contributed by atoms with Gasteiger partial charge in [0.2, 0.25) is 0 Å². The number of nitrogens with one attached hydrogen (secondary N) is 1. The zero-order valence-corrected chi connectivity index (χ0v) is 17.0. The molecule has 1 aliphatic heterocycles. The number of hydrogen-bond acceptors (Lipinski definition) is 5. The summed E-state index contributed by atoms with van der Waals surface area (Å²) in [6.45, 7) is 3.38. The van der Waals surface area contributed by atoms with Gasteiger partial charge < -0.3 is 10.1 Å². The van der Waals surface area contributed by atoms with Crippen LogP contribution in [0.25, 0.3) is 10.9 Å². The summed E-state index contributed by atoms with van der Waals surface area (Å²) < 4.78 is 5.56. The van der Waals surface area contributed by atoms with Crippen LogP contribution in [0.15, 0.2) is 54.7 Å². The average Bonchev–Trinajstić information content (AvgIpc) is 2.75. The second-order valence-electron chi connectivity index (χ2n) is 7.23. The lowest BCUT2D eigenvalue weighted by Gasteiger charge is -2.26. The van der Waals surface area contributed by atoms with Crippen molar-refractivity contribution < 1.29 is 9.53 Å². The quantitative estimate of drug-likeness (QED) is 0.561. The minimum atomic E-state index is -0.313. The van der Waals surface area contributed by atoms with Crippen LogP contribution in [-0.4, -0.2) is 42.1 Å². The van der Waals surface area contributed by atoms with Crippen LogP contribution in [0.5, 0.6) is 0 Å². The number of nitrogens with zero attached hydrogens (tertiary/aromatic N) is 2. The van der Waals surface area contributed by atoms with Crippen LogP contribution in [0, 0.1) is 0 Å². The van der Waals surface area contributed by atoms with Crippen LogP contribution in [0.2, 0.25) is 5.02 Å². The number of esters is 1. The Hall–Kier alpha value is -2.63. The minimum Gasteiger partial charge on any atom is -0.461 e. The van der Waals surface area contributed by atoms with Crippen LogP contribution in [-0.2, 0) is 4.74 Å². The Morgan fingerprint density at radius 2 is 1.90 bits per heavy atom. The van der Waals surface area contributed by atoms with Gasteiger partial charge in [-0.05, 0) is 62.3 Å². The molecule has 1 N–H and O–H groups in total. The molecule has 0 aliphatic carbocycles. The SMILES string of the molecule is O=C(OCCN1CCCCC1)c1ccccc1Nc1ccnc2cc(Cl)ccc12. The van der Waals surface area contributed by atoms with E-state index in [1.807, 2.05) is 42.5 Å². The fourth-order valence-electron chi connectivity index (χ4n) is 3.67. The average molecular weight is 410 g/mol. The normalized spacial score (nSPS) is 14.7. The molecule has 1 aliphatic rings. The van der Waals surface area contributed by atoms with E-state index in [4.69, 9.17) is 16.3 Å². The van der Waals surface area contributed by atoms with Crippen molar-refractivity contribution >= 4 is 39.8 Å². The number of pyridine rings is 1. The van der Waals surface area contributed by atoms with Gasteiger partial charge in [0.1, 0.15) is 6.61 Å². The van der Waals surface area contributed by atoms with Gasteiger partial charge in [-0.2, -0.15) is 0 Å². The smallest absolute Gasteiger partial charge is 0.340 e. The summed E-state index contributed by atoms with van der Waals surface area (Å²) in [5.41, 5.74) is 2.88. The summed E-state index contributed by atoms with van der Waals surface area (Å²) in [7, 11) is 0. The zero-order chi connectivity index (χ0) is 20.1. The zero-order valence-electron chi connectivity index (χ0n) is 16.2. The highest BCUT2D eigenvalue weighted by Crippen LogP contribution is 2.28. The van der Waals surface area contributed by atoms with E-state index < -0.39 is 0 Å². The molecular formula is C23H24ClN3O2. The monoisotopic (exact) mass is 409 g/mol. The van der Waals surface area contributed by atoms with E-state index in [1.165, 1.54) is 19.3 Å². The van der Waals surface area contributed by atoms with Crippen LogP contribution in [0.1, 0.15) is 29.6 Å². The van der Waals surface area contributed by atoms with Crippen molar-refractivity contribution in [2.45, 2.75) is 19.3 Å². The third-order valence-corrected chi connectivity index (χ3v) is 5.45. The predicted octanol–water partition coefficient (Wildman–Crippen LogP) is 5.27. The lowest BCUT2D eigenvalue weighted by atomic mass is 10.1. The molecule has 0 atom stereocenters. The molecule has 3 aromatic rings. The first-order chi connectivity index (χ1) is 14.2.